The predicted octanol–water partition coefficient (Wildman–Crippen LogP) is 4.74. The second kappa shape index (κ2) is 7.48. The molecular formula is C19H22Cl2N4. The van der Waals surface area contributed by atoms with Crippen molar-refractivity contribution in [3.63, 3.8) is 0 Å². The quantitative estimate of drug-likeness (QED) is 0.817. The molecule has 1 saturated carbocycles. The van der Waals surface area contributed by atoms with E-state index in [2.05, 4.69) is 20.2 Å². The minimum atomic E-state index is 0.404. The lowest BCUT2D eigenvalue weighted by Gasteiger charge is -2.33. The topological polar surface area (TPSA) is 41.0 Å². The highest BCUT2D eigenvalue weighted by atomic mass is 35.5. The van der Waals surface area contributed by atoms with Crippen molar-refractivity contribution in [3.05, 3.63) is 51.9 Å². The maximum absolute atomic E-state index is 6.32. The molecule has 1 aromatic heterocycles. The number of nitrogens with zero attached hydrogens (tertiary/aromatic N) is 3. The van der Waals surface area contributed by atoms with Crippen LogP contribution in [0.4, 0.5) is 5.82 Å². The van der Waals surface area contributed by atoms with Gasteiger partial charge in [0.1, 0.15) is 11.6 Å². The van der Waals surface area contributed by atoms with Gasteiger partial charge < -0.3 is 5.32 Å². The molecule has 0 radical (unpaired) electrons. The first kappa shape index (κ1) is 17.1. The van der Waals surface area contributed by atoms with Crippen LogP contribution in [0.25, 0.3) is 0 Å². The molecule has 0 spiro atoms. The van der Waals surface area contributed by atoms with Crippen LogP contribution in [0.2, 0.25) is 10.0 Å². The van der Waals surface area contributed by atoms with Gasteiger partial charge in [-0.25, -0.2) is 9.97 Å². The van der Waals surface area contributed by atoms with Crippen LogP contribution in [0, 0.1) is 0 Å². The lowest BCUT2D eigenvalue weighted by molar-refractivity contribution is 0.208. The summed E-state index contributed by atoms with van der Waals surface area (Å²) in [6.45, 7) is 2.93. The molecule has 1 aliphatic heterocycles. The number of piperidine rings is 1. The molecule has 0 bridgehead atoms. The van der Waals surface area contributed by atoms with E-state index in [9.17, 15) is 0 Å². The Hall–Kier alpha value is -1.36. The number of rotatable bonds is 5. The van der Waals surface area contributed by atoms with E-state index < -0.39 is 0 Å². The summed E-state index contributed by atoms with van der Waals surface area (Å²) in [6, 6.07) is 8.12. The molecule has 2 fully saturated rings. The summed E-state index contributed by atoms with van der Waals surface area (Å²) in [6.07, 6.45) is 6.65. The lowest BCUT2D eigenvalue weighted by Crippen LogP contribution is -2.41. The molecule has 1 saturated heterocycles. The normalized spacial score (nSPS) is 21.3. The van der Waals surface area contributed by atoms with Crippen molar-refractivity contribution in [1.82, 2.24) is 14.9 Å². The van der Waals surface area contributed by atoms with Gasteiger partial charge >= 0.3 is 0 Å². The fourth-order valence-corrected chi connectivity index (χ4v) is 3.88. The molecule has 2 aliphatic rings. The van der Waals surface area contributed by atoms with Gasteiger partial charge in [-0.3, -0.25) is 4.90 Å². The average Bonchev–Trinajstić information content (AvgIpc) is 3.43. The van der Waals surface area contributed by atoms with E-state index in [0.717, 1.165) is 48.3 Å². The van der Waals surface area contributed by atoms with Crippen LogP contribution in [0.3, 0.4) is 0 Å². The third kappa shape index (κ3) is 4.43. The molecule has 6 heteroatoms. The van der Waals surface area contributed by atoms with Gasteiger partial charge in [0.25, 0.3) is 0 Å². The van der Waals surface area contributed by atoms with Gasteiger partial charge in [0.2, 0.25) is 0 Å². The van der Waals surface area contributed by atoms with Crippen LogP contribution in [-0.4, -0.2) is 34.0 Å². The van der Waals surface area contributed by atoms with Gasteiger partial charge in [0, 0.05) is 41.3 Å². The number of halogens is 2. The standard InChI is InChI=1S/C19H22Cl2N4/c20-15-6-5-14(17(21)10-15)11-25-9-1-2-16(12-25)23-18-7-8-22-19(24-18)13-3-4-13/h5-8,10,13,16H,1-4,9,11-12H2,(H,22,23,24). The Kier molecular flexibility index (Phi) is 5.11. The molecular weight excluding hydrogens is 355 g/mol. The summed E-state index contributed by atoms with van der Waals surface area (Å²) >= 11 is 12.3. The Morgan fingerprint density at radius 1 is 1.16 bits per heavy atom. The molecule has 2 heterocycles. The van der Waals surface area contributed by atoms with Crippen LogP contribution in [0.1, 0.15) is 43.0 Å². The molecule has 4 nitrogen and oxygen atoms in total. The number of benzene rings is 1. The number of likely N-dealkylation sites (tertiary alicyclic amines) is 1. The summed E-state index contributed by atoms with van der Waals surface area (Å²) in [5.74, 6) is 2.52. The Morgan fingerprint density at radius 2 is 2.04 bits per heavy atom. The highest BCUT2D eigenvalue weighted by Gasteiger charge is 2.27. The summed E-state index contributed by atoms with van der Waals surface area (Å²) in [4.78, 5) is 11.5. The number of aromatic nitrogens is 2. The largest absolute Gasteiger partial charge is 0.366 e. The Labute approximate surface area is 158 Å². The van der Waals surface area contributed by atoms with E-state index >= 15 is 0 Å². The van der Waals surface area contributed by atoms with Gasteiger partial charge in [-0.1, -0.05) is 29.3 Å². The molecule has 1 N–H and O–H groups in total. The lowest BCUT2D eigenvalue weighted by atomic mass is 10.0. The molecule has 2 aromatic rings. The monoisotopic (exact) mass is 376 g/mol. The minimum absolute atomic E-state index is 0.404. The zero-order valence-corrected chi connectivity index (χ0v) is 15.6. The first-order valence-corrected chi connectivity index (χ1v) is 9.69. The van der Waals surface area contributed by atoms with E-state index in [1.54, 1.807) is 0 Å². The van der Waals surface area contributed by atoms with Crippen molar-refractivity contribution >= 4 is 29.0 Å². The first-order chi connectivity index (χ1) is 12.2. The van der Waals surface area contributed by atoms with Gasteiger partial charge in [0.05, 0.1) is 0 Å². The van der Waals surface area contributed by atoms with E-state index in [1.165, 1.54) is 19.3 Å². The van der Waals surface area contributed by atoms with Crippen LogP contribution in [0.5, 0.6) is 0 Å². The van der Waals surface area contributed by atoms with E-state index in [4.69, 9.17) is 23.2 Å². The molecule has 132 valence electrons. The molecule has 25 heavy (non-hydrogen) atoms. The van der Waals surface area contributed by atoms with Gasteiger partial charge in [0.15, 0.2) is 0 Å². The summed E-state index contributed by atoms with van der Waals surface area (Å²) in [5.41, 5.74) is 1.13. The van der Waals surface area contributed by atoms with Gasteiger partial charge in [-0.05, 0) is 56.0 Å². The predicted molar refractivity (Wildman–Crippen MR) is 102 cm³/mol. The van der Waals surface area contributed by atoms with Crippen molar-refractivity contribution in [1.29, 1.82) is 0 Å². The van der Waals surface area contributed by atoms with E-state index in [-0.39, 0.29) is 0 Å². The Bertz CT molecular complexity index is 748. The third-order valence-electron chi connectivity index (χ3n) is 4.88. The molecule has 0 amide bonds. The van der Waals surface area contributed by atoms with Crippen molar-refractivity contribution in [3.8, 4) is 0 Å². The fourth-order valence-electron chi connectivity index (χ4n) is 3.41. The van der Waals surface area contributed by atoms with Crippen LogP contribution < -0.4 is 5.32 Å². The number of hydrogen-bond donors (Lipinski definition) is 1. The average molecular weight is 377 g/mol. The highest BCUT2D eigenvalue weighted by molar-refractivity contribution is 6.35. The van der Waals surface area contributed by atoms with Crippen molar-refractivity contribution in [2.24, 2.45) is 0 Å². The summed E-state index contributed by atoms with van der Waals surface area (Å²) < 4.78 is 0. The number of anilines is 1. The molecule has 1 aliphatic carbocycles. The summed E-state index contributed by atoms with van der Waals surface area (Å²) in [5, 5.41) is 5.02. The first-order valence-electron chi connectivity index (χ1n) is 8.93. The maximum Gasteiger partial charge on any atom is 0.133 e. The fraction of sp³-hybridized carbons (Fsp3) is 0.474. The zero-order valence-electron chi connectivity index (χ0n) is 14.1. The number of hydrogen-bond acceptors (Lipinski definition) is 4. The molecule has 1 atom stereocenters. The second-order valence-electron chi connectivity index (χ2n) is 7.03. The van der Waals surface area contributed by atoms with Crippen LogP contribution in [-0.2, 0) is 6.54 Å². The van der Waals surface area contributed by atoms with Crippen molar-refractivity contribution < 1.29 is 0 Å². The maximum atomic E-state index is 6.32. The summed E-state index contributed by atoms with van der Waals surface area (Å²) in [7, 11) is 0. The Balaban J connectivity index is 1.38. The van der Waals surface area contributed by atoms with E-state index in [0.29, 0.717) is 17.0 Å². The molecule has 1 unspecified atom stereocenters. The van der Waals surface area contributed by atoms with Crippen molar-refractivity contribution in [2.75, 3.05) is 18.4 Å². The minimum Gasteiger partial charge on any atom is -0.366 e. The number of nitrogens with one attached hydrogen (secondary N) is 1. The van der Waals surface area contributed by atoms with Gasteiger partial charge in [-0.2, -0.15) is 0 Å². The third-order valence-corrected chi connectivity index (χ3v) is 5.47. The van der Waals surface area contributed by atoms with E-state index in [1.807, 2.05) is 30.5 Å². The second-order valence-corrected chi connectivity index (χ2v) is 7.87. The zero-order chi connectivity index (χ0) is 17.2. The van der Waals surface area contributed by atoms with Crippen molar-refractivity contribution in [2.45, 2.75) is 44.2 Å². The van der Waals surface area contributed by atoms with Crippen LogP contribution in [0.15, 0.2) is 30.5 Å². The van der Waals surface area contributed by atoms with Gasteiger partial charge in [-0.15, -0.1) is 0 Å². The van der Waals surface area contributed by atoms with Crippen LogP contribution >= 0.6 is 23.2 Å². The molecule has 1 aromatic carbocycles. The smallest absolute Gasteiger partial charge is 0.133 e. The Morgan fingerprint density at radius 3 is 2.84 bits per heavy atom. The highest BCUT2D eigenvalue weighted by Crippen LogP contribution is 2.38. The SMILES string of the molecule is Clc1ccc(CN2CCCC(Nc3ccnc(C4CC4)n3)C2)c(Cl)c1. The molecule has 4 rings (SSSR count).